The average molecular weight is 475 g/mol. The number of hydroxylamine groups is 1. The maximum absolute atomic E-state index is 12.7. The molecule has 8 heteroatoms. The van der Waals surface area contributed by atoms with E-state index in [1.807, 2.05) is 66.7 Å². The van der Waals surface area contributed by atoms with E-state index in [2.05, 4.69) is 22.9 Å². The van der Waals surface area contributed by atoms with Gasteiger partial charge in [-0.3, -0.25) is 9.63 Å². The molecule has 0 spiro atoms. The molecule has 3 aromatic rings. The lowest BCUT2D eigenvalue weighted by atomic mass is 9.98. The first kappa shape index (κ1) is 24.0. The van der Waals surface area contributed by atoms with Crippen molar-refractivity contribution in [1.82, 2.24) is 10.8 Å². The number of hydrogen-bond donors (Lipinski definition) is 3. The van der Waals surface area contributed by atoms with Gasteiger partial charge in [-0.05, 0) is 40.7 Å². The third-order valence-corrected chi connectivity index (χ3v) is 5.89. The summed E-state index contributed by atoms with van der Waals surface area (Å²) in [6, 6.07) is 24.6. The van der Waals surface area contributed by atoms with Crippen LogP contribution in [0.1, 0.15) is 29.0 Å². The molecule has 180 valence electrons. The van der Waals surface area contributed by atoms with E-state index in [4.69, 9.17) is 14.7 Å². The summed E-state index contributed by atoms with van der Waals surface area (Å²) in [5.41, 5.74) is 7.49. The Labute approximate surface area is 202 Å². The van der Waals surface area contributed by atoms with Crippen LogP contribution in [-0.4, -0.2) is 42.3 Å². The zero-order chi connectivity index (χ0) is 24.6. The van der Waals surface area contributed by atoms with Crippen molar-refractivity contribution in [2.45, 2.75) is 24.8 Å². The molecule has 0 saturated heterocycles. The number of alkyl carbamates (subject to hydrolysis) is 1. The fraction of sp³-hybridized carbons (Fsp3) is 0.222. The SMILES string of the molecule is O=C(O)CONC(=O)[C@H](CCc1ccccc1)NC(=O)OCC1c2ccccc2-c2ccccc21. The number of rotatable bonds is 10. The number of aryl methyl sites for hydroxylation is 1. The Balaban J connectivity index is 1.39. The molecular formula is C27H26N2O6. The summed E-state index contributed by atoms with van der Waals surface area (Å²) in [6.07, 6.45) is 0.0520. The van der Waals surface area contributed by atoms with Crippen LogP contribution in [0.5, 0.6) is 0 Å². The van der Waals surface area contributed by atoms with Crippen LogP contribution >= 0.6 is 0 Å². The van der Waals surface area contributed by atoms with E-state index in [-0.39, 0.29) is 18.9 Å². The number of benzene rings is 3. The van der Waals surface area contributed by atoms with Crippen LogP contribution in [-0.2, 0) is 25.6 Å². The summed E-state index contributed by atoms with van der Waals surface area (Å²) >= 11 is 0. The Morgan fingerprint density at radius 3 is 2.09 bits per heavy atom. The van der Waals surface area contributed by atoms with Gasteiger partial charge in [-0.2, -0.15) is 0 Å². The molecule has 4 rings (SSSR count). The van der Waals surface area contributed by atoms with Crippen molar-refractivity contribution in [2.24, 2.45) is 0 Å². The summed E-state index contributed by atoms with van der Waals surface area (Å²) in [7, 11) is 0. The summed E-state index contributed by atoms with van der Waals surface area (Å²) in [5.74, 6) is -1.99. The average Bonchev–Trinajstić information content (AvgIpc) is 3.19. The zero-order valence-electron chi connectivity index (χ0n) is 19.0. The van der Waals surface area contributed by atoms with Gasteiger partial charge in [0.25, 0.3) is 5.91 Å². The molecule has 0 unspecified atom stereocenters. The van der Waals surface area contributed by atoms with Gasteiger partial charge < -0.3 is 15.2 Å². The third kappa shape index (κ3) is 6.04. The number of aliphatic carboxylic acids is 1. The van der Waals surface area contributed by atoms with Gasteiger partial charge in [0.15, 0.2) is 6.61 Å². The second-order valence-electron chi connectivity index (χ2n) is 8.20. The number of amides is 2. The molecule has 0 aliphatic heterocycles. The second-order valence-corrected chi connectivity index (χ2v) is 8.20. The molecule has 0 fully saturated rings. The van der Waals surface area contributed by atoms with E-state index >= 15 is 0 Å². The topological polar surface area (TPSA) is 114 Å². The first-order valence-corrected chi connectivity index (χ1v) is 11.3. The summed E-state index contributed by atoms with van der Waals surface area (Å²) < 4.78 is 5.55. The molecule has 35 heavy (non-hydrogen) atoms. The van der Waals surface area contributed by atoms with Crippen molar-refractivity contribution in [3.63, 3.8) is 0 Å². The van der Waals surface area contributed by atoms with Crippen LogP contribution in [0.2, 0.25) is 0 Å². The number of hydrogen-bond acceptors (Lipinski definition) is 5. The minimum atomic E-state index is -1.23. The minimum Gasteiger partial charge on any atom is -0.479 e. The summed E-state index contributed by atoms with van der Waals surface area (Å²) in [5, 5.41) is 11.3. The molecule has 0 saturated carbocycles. The van der Waals surface area contributed by atoms with Crippen LogP contribution in [0, 0.1) is 0 Å². The van der Waals surface area contributed by atoms with E-state index in [9.17, 15) is 14.4 Å². The molecule has 8 nitrogen and oxygen atoms in total. The van der Waals surface area contributed by atoms with E-state index in [0.29, 0.717) is 6.42 Å². The number of nitrogens with one attached hydrogen (secondary N) is 2. The Kier molecular flexibility index (Phi) is 7.74. The lowest BCUT2D eigenvalue weighted by molar-refractivity contribution is -0.150. The maximum atomic E-state index is 12.7. The maximum Gasteiger partial charge on any atom is 0.407 e. The molecule has 3 aromatic carbocycles. The van der Waals surface area contributed by atoms with E-state index in [0.717, 1.165) is 27.8 Å². The standard InChI is InChI=1S/C27H26N2O6/c30-25(31)17-35-29-26(32)24(15-14-18-8-2-1-3-9-18)28-27(33)34-16-23-21-12-6-4-10-19(21)20-11-5-7-13-22(20)23/h1-13,23-24H,14-17H2,(H,28,33)(H,29,32)(H,30,31)/t24-/m0/s1. The smallest absolute Gasteiger partial charge is 0.407 e. The highest BCUT2D eigenvalue weighted by molar-refractivity contribution is 5.85. The van der Waals surface area contributed by atoms with Crippen LogP contribution in [0.3, 0.4) is 0 Å². The van der Waals surface area contributed by atoms with Crippen molar-refractivity contribution < 1.29 is 29.1 Å². The molecule has 0 radical (unpaired) electrons. The summed E-state index contributed by atoms with van der Waals surface area (Å²) in [4.78, 5) is 40.6. The monoisotopic (exact) mass is 474 g/mol. The predicted octanol–water partition coefficient (Wildman–Crippen LogP) is 3.66. The fourth-order valence-corrected chi connectivity index (χ4v) is 4.25. The van der Waals surface area contributed by atoms with Gasteiger partial charge in [0.1, 0.15) is 12.6 Å². The van der Waals surface area contributed by atoms with Crippen molar-refractivity contribution >= 4 is 18.0 Å². The number of fused-ring (bicyclic) bond motifs is 3. The Bertz CT molecular complexity index is 1150. The van der Waals surface area contributed by atoms with Crippen LogP contribution in [0.4, 0.5) is 4.79 Å². The minimum absolute atomic E-state index is 0.108. The van der Waals surface area contributed by atoms with Gasteiger partial charge in [0.2, 0.25) is 0 Å². The molecule has 0 bridgehead atoms. The van der Waals surface area contributed by atoms with Gasteiger partial charge in [-0.25, -0.2) is 15.1 Å². The lowest BCUT2D eigenvalue weighted by Gasteiger charge is -2.19. The predicted molar refractivity (Wildman–Crippen MR) is 128 cm³/mol. The molecule has 2 amide bonds. The van der Waals surface area contributed by atoms with Gasteiger partial charge in [0.05, 0.1) is 0 Å². The second kappa shape index (κ2) is 11.3. The number of carbonyl (C=O) groups is 3. The molecule has 0 heterocycles. The quantitative estimate of drug-likeness (QED) is 0.387. The molecular weight excluding hydrogens is 448 g/mol. The van der Waals surface area contributed by atoms with Gasteiger partial charge in [-0.1, -0.05) is 78.9 Å². The number of carboxylic acid groups (broad SMARTS) is 1. The van der Waals surface area contributed by atoms with Crippen molar-refractivity contribution in [3.8, 4) is 11.1 Å². The highest BCUT2D eigenvalue weighted by Crippen LogP contribution is 2.44. The normalized spacial score (nSPS) is 12.8. The number of carbonyl (C=O) groups excluding carboxylic acids is 2. The Morgan fingerprint density at radius 2 is 1.46 bits per heavy atom. The highest BCUT2D eigenvalue weighted by Gasteiger charge is 2.29. The Morgan fingerprint density at radius 1 is 0.857 bits per heavy atom. The molecule has 3 N–H and O–H groups in total. The van der Waals surface area contributed by atoms with Crippen LogP contribution < -0.4 is 10.8 Å². The molecule has 0 aromatic heterocycles. The zero-order valence-corrected chi connectivity index (χ0v) is 19.0. The van der Waals surface area contributed by atoms with Gasteiger partial charge in [0, 0.05) is 5.92 Å². The lowest BCUT2D eigenvalue weighted by Crippen LogP contribution is -2.47. The number of ether oxygens (including phenoxy) is 1. The van der Waals surface area contributed by atoms with Crippen molar-refractivity contribution in [2.75, 3.05) is 13.2 Å². The first-order valence-electron chi connectivity index (χ1n) is 11.3. The van der Waals surface area contributed by atoms with Crippen molar-refractivity contribution in [3.05, 3.63) is 95.6 Å². The summed E-state index contributed by atoms with van der Waals surface area (Å²) in [6.45, 7) is -0.579. The van der Waals surface area contributed by atoms with Crippen LogP contribution in [0.25, 0.3) is 11.1 Å². The molecule has 1 aliphatic carbocycles. The van der Waals surface area contributed by atoms with Crippen molar-refractivity contribution in [1.29, 1.82) is 0 Å². The van der Waals surface area contributed by atoms with E-state index < -0.39 is 30.6 Å². The molecule has 1 aliphatic rings. The fourth-order valence-electron chi connectivity index (χ4n) is 4.25. The number of carboxylic acids is 1. The largest absolute Gasteiger partial charge is 0.479 e. The van der Waals surface area contributed by atoms with Crippen LogP contribution in [0.15, 0.2) is 78.9 Å². The molecule has 1 atom stereocenters. The Hall–Kier alpha value is -4.17. The van der Waals surface area contributed by atoms with Gasteiger partial charge in [-0.15, -0.1) is 0 Å². The van der Waals surface area contributed by atoms with E-state index in [1.165, 1.54) is 0 Å². The third-order valence-electron chi connectivity index (χ3n) is 5.89. The highest BCUT2D eigenvalue weighted by atomic mass is 16.7. The van der Waals surface area contributed by atoms with E-state index in [1.54, 1.807) is 0 Å². The first-order chi connectivity index (χ1) is 17.0. The van der Waals surface area contributed by atoms with Gasteiger partial charge >= 0.3 is 12.1 Å².